The van der Waals surface area contributed by atoms with E-state index in [1.165, 1.54) is 6.26 Å². The van der Waals surface area contributed by atoms with Crippen LogP contribution in [0.4, 0.5) is 22.6 Å². The first-order valence-corrected chi connectivity index (χ1v) is 10.8. The lowest BCUT2D eigenvalue weighted by atomic mass is 10.3. The molecule has 11 nitrogen and oxygen atoms in total. The maximum Gasteiger partial charge on any atom is 0.349 e. The number of carbonyl (C=O) groups is 2. The minimum atomic E-state index is -0.584. The molecule has 4 N–H and O–H groups in total. The number of methoxy groups -OCH3 is 1. The summed E-state index contributed by atoms with van der Waals surface area (Å²) in [5, 5.41) is 6.19. The molecule has 3 heterocycles. The first-order valence-electron chi connectivity index (χ1n) is 9.96. The number of ether oxygens (including phenoxy) is 2. The monoisotopic (exact) mass is 480 g/mol. The normalized spacial score (nSPS) is 10.5. The summed E-state index contributed by atoms with van der Waals surface area (Å²) in [4.78, 5) is 37.5. The molecule has 3 aromatic heterocycles. The molecule has 0 spiro atoms. The van der Waals surface area contributed by atoms with E-state index in [0.717, 1.165) is 11.3 Å². The Kier molecular flexibility index (Phi) is 6.69. The zero-order valence-corrected chi connectivity index (χ0v) is 19.0. The molecule has 0 radical (unpaired) electrons. The number of benzene rings is 1. The minimum Gasteiger partial charge on any atom is -0.495 e. The van der Waals surface area contributed by atoms with Gasteiger partial charge in [-0.05, 0) is 42.8 Å². The van der Waals surface area contributed by atoms with Crippen LogP contribution in [0.15, 0.2) is 53.1 Å². The molecule has 0 aliphatic carbocycles. The van der Waals surface area contributed by atoms with Crippen molar-refractivity contribution >= 4 is 45.8 Å². The molecule has 0 atom stereocenters. The molecule has 12 heteroatoms. The van der Waals surface area contributed by atoms with Gasteiger partial charge in [-0.2, -0.15) is 15.0 Å². The largest absolute Gasteiger partial charge is 0.495 e. The van der Waals surface area contributed by atoms with Gasteiger partial charge in [0.25, 0.3) is 5.91 Å². The highest BCUT2D eigenvalue weighted by Crippen LogP contribution is 2.28. The van der Waals surface area contributed by atoms with Gasteiger partial charge >= 0.3 is 5.97 Å². The average molecular weight is 481 g/mol. The molecule has 174 valence electrons. The number of carbonyl (C=O) groups excluding carboxylic acids is 2. The lowest BCUT2D eigenvalue weighted by Gasteiger charge is -2.10. The first-order chi connectivity index (χ1) is 16.4. The van der Waals surface area contributed by atoms with Crippen LogP contribution in [0, 0.1) is 6.92 Å². The highest BCUT2D eigenvalue weighted by molar-refractivity contribution is 7.18. The van der Waals surface area contributed by atoms with Gasteiger partial charge < -0.3 is 30.3 Å². The zero-order valence-electron chi connectivity index (χ0n) is 18.2. The second-order valence-corrected chi connectivity index (χ2v) is 7.94. The van der Waals surface area contributed by atoms with Crippen LogP contribution in [0.25, 0.3) is 0 Å². The van der Waals surface area contributed by atoms with Gasteiger partial charge in [0.1, 0.15) is 10.6 Å². The topological polar surface area (TPSA) is 154 Å². The third kappa shape index (κ3) is 5.30. The van der Waals surface area contributed by atoms with Crippen LogP contribution in [0.1, 0.15) is 31.6 Å². The minimum absolute atomic E-state index is 0.0336. The van der Waals surface area contributed by atoms with Crippen molar-refractivity contribution in [3.63, 3.8) is 0 Å². The predicted molar refractivity (Wildman–Crippen MR) is 125 cm³/mol. The molecule has 34 heavy (non-hydrogen) atoms. The maximum atomic E-state index is 12.6. The van der Waals surface area contributed by atoms with Crippen molar-refractivity contribution in [2.24, 2.45) is 0 Å². The third-order valence-corrected chi connectivity index (χ3v) is 5.60. The van der Waals surface area contributed by atoms with Crippen molar-refractivity contribution in [1.29, 1.82) is 0 Å². The molecule has 4 rings (SSSR count). The summed E-state index contributed by atoms with van der Waals surface area (Å²) in [5.41, 5.74) is 7.08. The second kappa shape index (κ2) is 10.0. The summed E-state index contributed by atoms with van der Waals surface area (Å²) >= 11 is 1.09. The number of rotatable bonds is 8. The number of aryl methyl sites for hydroxylation is 1. The van der Waals surface area contributed by atoms with Gasteiger partial charge in [-0.1, -0.05) is 12.1 Å². The van der Waals surface area contributed by atoms with Crippen molar-refractivity contribution < 1.29 is 23.5 Å². The summed E-state index contributed by atoms with van der Waals surface area (Å²) in [6.07, 6.45) is 1.41. The molecule has 4 aromatic rings. The molecule has 1 amide bonds. The van der Waals surface area contributed by atoms with E-state index >= 15 is 0 Å². The lowest BCUT2D eigenvalue weighted by Crippen LogP contribution is -2.11. The van der Waals surface area contributed by atoms with Crippen LogP contribution in [0.5, 0.6) is 5.75 Å². The lowest BCUT2D eigenvalue weighted by molar-refractivity contribution is 0.0467. The van der Waals surface area contributed by atoms with E-state index < -0.39 is 11.9 Å². The number of hydrogen-bond donors (Lipinski definition) is 3. The fourth-order valence-electron chi connectivity index (χ4n) is 2.95. The molecule has 0 aliphatic rings. The van der Waals surface area contributed by atoms with Gasteiger partial charge in [-0.25, -0.2) is 4.79 Å². The van der Waals surface area contributed by atoms with E-state index in [4.69, 9.17) is 19.6 Å². The van der Waals surface area contributed by atoms with Gasteiger partial charge in [-0.3, -0.25) is 4.79 Å². The van der Waals surface area contributed by atoms with Crippen molar-refractivity contribution in [3.8, 4) is 5.75 Å². The summed E-state index contributed by atoms with van der Waals surface area (Å²) in [6, 6.07) is 12.1. The third-order valence-electron chi connectivity index (χ3n) is 4.47. The number of aromatic nitrogens is 3. The number of esters is 1. The number of hydrogen-bond acceptors (Lipinski definition) is 11. The van der Waals surface area contributed by atoms with Gasteiger partial charge in [0.15, 0.2) is 18.2 Å². The molecule has 0 fully saturated rings. The summed E-state index contributed by atoms with van der Waals surface area (Å²) < 4.78 is 15.7. The molecule has 0 saturated carbocycles. The first kappa shape index (κ1) is 22.7. The van der Waals surface area contributed by atoms with Crippen LogP contribution in [-0.4, -0.2) is 33.9 Å². The predicted octanol–water partition coefficient (Wildman–Crippen LogP) is 3.78. The molecule has 0 aliphatic heterocycles. The van der Waals surface area contributed by atoms with E-state index in [2.05, 4.69) is 25.6 Å². The van der Waals surface area contributed by atoms with E-state index in [1.54, 1.807) is 44.4 Å². The molecule has 0 unspecified atom stereocenters. The molecule has 1 aromatic carbocycles. The number of nitrogens with one attached hydrogen (secondary N) is 2. The molecular formula is C22H20N6O5S. The Hall–Kier alpha value is -4.45. The Labute approximate surface area is 198 Å². The van der Waals surface area contributed by atoms with E-state index in [9.17, 15) is 9.59 Å². The maximum absolute atomic E-state index is 12.6. The van der Waals surface area contributed by atoms with Crippen molar-refractivity contribution in [2.45, 2.75) is 13.5 Å². The average Bonchev–Trinajstić information content (AvgIpc) is 3.47. The highest BCUT2D eigenvalue weighted by atomic mass is 32.1. The molecule has 0 saturated heterocycles. The van der Waals surface area contributed by atoms with Gasteiger partial charge in [-0.15, -0.1) is 11.3 Å². The Bertz CT molecular complexity index is 1320. The number of nitrogens with zero attached hydrogens (tertiary/aromatic N) is 3. The Morgan fingerprint density at radius 3 is 2.74 bits per heavy atom. The van der Waals surface area contributed by atoms with Crippen LogP contribution in [-0.2, 0) is 11.3 Å². The number of para-hydroxylation sites is 2. The molecule has 0 bridgehead atoms. The number of anilines is 4. The van der Waals surface area contributed by atoms with E-state index in [1.807, 2.05) is 12.1 Å². The van der Waals surface area contributed by atoms with Gasteiger partial charge in [0.2, 0.25) is 11.9 Å². The van der Waals surface area contributed by atoms with Crippen LogP contribution in [0.3, 0.4) is 0 Å². The van der Waals surface area contributed by atoms with E-state index in [0.29, 0.717) is 26.9 Å². The van der Waals surface area contributed by atoms with Gasteiger partial charge in [0, 0.05) is 0 Å². The molecular weight excluding hydrogens is 460 g/mol. The number of thiophene rings is 1. The SMILES string of the molecule is COc1ccccc1Nc1nc(N)nc(COC(=O)c2sc(NC(=O)c3ccco3)cc2C)n1. The second-order valence-electron chi connectivity index (χ2n) is 6.89. The zero-order chi connectivity index (χ0) is 24.1. The van der Waals surface area contributed by atoms with E-state index in [-0.39, 0.29) is 30.1 Å². The standard InChI is InChI=1S/C22H20N6O5S/c1-12-10-17(27-19(29)15-8-5-9-32-15)34-18(12)20(30)33-11-16-25-21(23)28-22(26-16)24-13-6-3-4-7-14(13)31-2/h3-10H,11H2,1-2H3,(H,27,29)(H3,23,24,25,26,28). The number of amides is 1. The van der Waals surface area contributed by atoms with Crippen LogP contribution in [0.2, 0.25) is 0 Å². The Morgan fingerprint density at radius 1 is 1.15 bits per heavy atom. The summed E-state index contributed by atoms with van der Waals surface area (Å²) in [6.45, 7) is 1.52. The number of nitrogen functional groups attached to an aromatic ring is 1. The van der Waals surface area contributed by atoms with Crippen molar-refractivity contribution in [3.05, 3.63) is 70.8 Å². The number of nitrogens with two attached hydrogens (primary N) is 1. The fourth-order valence-corrected chi connectivity index (χ4v) is 3.91. The van der Waals surface area contributed by atoms with Crippen LogP contribution >= 0.6 is 11.3 Å². The summed E-state index contributed by atoms with van der Waals surface area (Å²) in [5.74, 6) is 0.0737. The highest BCUT2D eigenvalue weighted by Gasteiger charge is 2.18. The van der Waals surface area contributed by atoms with Crippen molar-refractivity contribution in [2.75, 3.05) is 23.5 Å². The smallest absolute Gasteiger partial charge is 0.349 e. The van der Waals surface area contributed by atoms with Crippen molar-refractivity contribution in [1.82, 2.24) is 15.0 Å². The Balaban J connectivity index is 1.42. The number of furan rings is 1. The van der Waals surface area contributed by atoms with Crippen LogP contribution < -0.4 is 21.1 Å². The fraction of sp³-hybridized carbons (Fsp3) is 0.136. The quantitative estimate of drug-likeness (QED) is 0.317. The summed E-state index contributed by atoms with van der Waals surface area (Å²) in [7, 11) is 1.55. The van der Waals surface area contributed by atoms with Gasteiger partial charge in [0.05, 0.1) is 24.1 Å². The Morgan fingerprint density at radius 2 is 1.97 bits per heavy atom.